The number of fused-ring (bicyclic) bond motifs is 4. The Bertz CT molecular complexity index is 5500. The van der Waals surface area contributed by atoms with E-state index in [4.69, 9.17) is 33.2 Å². The van der Waals surface area contributed by atoms with E-state index in [1.807, 2.05) is 176 Å². The minimum Gasteiger partial charge on any atom is -1.00 e. The zero-order valence-electron chi connectivity index (χ0n) is 73.4. The Morgan fingerprint density at radius 3 is 1.02 bits per heavy atom. The molecule has 0 aromatic heterocycles. The van der Waals surface area contributed by atoms with E-state index in [2.05, 4.69) is 87.5 Å². The van der Waals surface area contributed by atoms with Crippen molar-refractivity contribution in [2.24, 2.45) is 0 Å². The average Bonchev–Trinajstić information content (AvgIpc) is 0.741. The number of esters is 2. The van der Waals surface area contributed by atoms with Crippen molar-refractivity contribution in [3.05, 3.63) is 266 Å². The molecule has 7 amide bonds. The van der Waals surface area contributed by atoms with E-state index < -0.39 is 95.3 Å². The lowest BCUT2D eigenvalue weighted by Gasteiger charge is -2.26. The fraction of sp³-hybridized carbons (Fsp3) is 0.317. The zero-order chi connectivity index (χ0) is 90.1. The number of methoxy groups -OCH3 is 4. The maximum absolute atomic E-state index is 14.6. The highest BCUT2D eigenvalue weighted by Gasteiger charge is 2.35. The fourth-order valence-electron chi connectivity index (χ4n) is 15.3. The van der Waals surface area contributed by atoms with Gasteiger partial charge in [-0.15, -0.1) is 26.3 Å². The molecule has 10 N–H and O–H groups in total. The van der Waals surface area contributed by atoms with E-state index in [1.165, 1.54) is 26.0 Å². The maximum Gasteiger partial charge on any atom is 0.407 e. The molecule has 10 aromatic rings. The third-order valence-corrected chi connectivity index (χ3v) is 20.9. The monoisotopic (exact) mass is 1730 g/mol. The van der Waals surface area contributed by atoms with Crippen molar-refractivity contribution >= 4 is 96.6 Å². The summed E-state index contributed by atoms with van der Waals surface area (Å²) in [6, 6.07) is 51.7. The van der Waals surface area contributed by atoms with E-state index in [0.29, 0.717) is 79.2 Å². The first-order chi connectivity index (χ1) is 60.3. The second-order valence-electron chi connectivity index (χ2n) is 31.3. The molecule has 0 radical (unpaired) electrons. The first kappa shape index (κ1) is 98.1. The van der Waals surface area contributed by atoms with Crippen LogP contribution in [0.5, 0.6) is 23.0 Å². The number of rotatable bonds is 43. The lowest BCUT2D eigenvalue weighted by Crippen LogP contribution is -3.00. The molecule has 10 rings (SSSR count). The molecule has 2 unspecified atom stereocenters. The number of alkyl carbamates (subject to hydrolysis) is 1. The third kappa shape index (κ3) is 26.9. The summed E-state index contributed by atoms with van der Waals surface area (Å²) < 4.78 is 41.3. The highest BCUT2D eigenvalue weighted by molar-refractivity contribution is 6.13. The van der Waals surface area contributed by atoms with Crippen molar-refractivity contribution in [2.45, 2.75) is 167 Å². The summed E-state index contributed by atoms with van der Waals surface area (Å²) >= 11 is 0. The summed E-state index contributed by atoms with van der Waals surface area (Å²) in [5.74, 6) is -2.30. The van der Waals surface area contributed by atoms with E-state index in [0.717, 1.165) is 87.6 Å². The van der Waals surface area contributed by atoms with E-state index in [-0.39, 0.29) is 70.7 Å². The fourth-order valence-corrected chi connectivity index (χ4v) is 15.3. The molecule has 664 valence electrons. The molecule has 0 bridgehead atoms. The Morgan fingerprint density at radius 2 is 0.698 bits per heavy atom. The van der Waals surface area contributed by atoms with Gasteiger partial charge in [0, 0.05) is 55.5 Å². The number of ether oxygens (including phenoxy) is 7. The Hall–Kier alpha value is -13.3. The van der Waals surface area contributed by atoms with Crippen LogP contribution in [0.3, 0.4) is 0 Å². The minimum atomic E-state index is -1.18. The van der Waals surface area contributed by atoms with Gasteiger partial charge in [0.25, 0.3) is 0 Å². The second-order valence-corrected chi connectivity index (χ2v) is 31.3. The van der Waals surface area contributed by atoms with Crippen molar-refractivity contribution in [2.75, 3.05) is 41.5 Å². The van der Waals surface area contributed by atoms with Crippen LogP contribution in [0.4, 0.5) is 4.79 Å². The van der Waals surface area contributed by atoms with Gasteiger partial charge in [-0.05, 0) is 186 Å². The van der Waals surface area contributed by atoms with Crippen molar-refractivity contribution in [1.82, 2.24) is 37.2 Å². The van der Waals surface area contributed by atoms with Gasteiger partial charge in [-0.2, -0.15) is 0 Å². The second kappa shape index (κ2) is 48.7. The van der Waals surface area contributed by atoms with Crippen molar-refractivity contribution < 1.29 is 94.4 Å². The van der Waals surface area contributed by atoms with Gasteiger partial charge in [-0.1, -0.05) is 182 Å². The maximum atomic E-state index is 14.6. The van der Waals surface area contributed by atoms with Gasteiger partial charge in [-0.3, -0.25) is 28.8 Å². The normalized spacial score (nSPS) is 12.4. The Labute approximate surface area is 743 Å². The molecule has 0 aliphatic carbocycles. The van der Waals surface area contributed by atoms with Crippen LogP contribution in [0.25, 0.3) is 65.3 Å². The number of hydrogen-bond donors (Lipinski definition) is 8. The van der Waals surface area contributed by atoms with Gasteiger partial charge < -0.3 is 88.5 Å². The lowest BCUT2D eigenvalue weighted by molar-refractivity contribution is -0.368. The topological polar surface area (TPSA) is 330 Å². The molecule has 0 aliphatic rings. The predicted molar refractivity (Wildman–Crippen MR) is 490 cm³/mol. The minimum absolute atomic E-state index is 0. The van der Waals surface area contributed by atoms with Crippen molar-refractivity contribution in [3.8, 4) is 45.3 Å². The summed E-state index contributed by atoms with van der Waals surface area (Å²) in [6.45, 7) is 24.3. The van der Waals surface area contributed by atoms with E-state index in [9.17, 15) is 43.2 Å². The molecular weight excluding hydrogens is 1620 g/mol. The van der Waals surface area contributed by atoms with Gasteiger partial charge in [0.05, 0.1) is 35.0 Å². The number of unbranched alkanes of at least 4 members (excludes halogenated alkanes) is 2. The first-order valence-corrected chi connectivity index (χ1v) is 42.0. The SMILES string of the molecule is C=CCc1cc2ccccc2c(-c2c(OC)c(CC(NC(C)=O)C(=O)N[C@H](CCCCNC(=O)OC(C)(C)C)C(=O)N[C@H](CC=C)C(=O)OCc3ccccc3)cc3ccccc23)c1OC.C=CCc1cc2ccccc2c(-c2c(OC)c(CC(NC(C)=O)C(=O)N[C@H](CCCC[NH3+])C(=O)N[C@@H](CC=C)C(=O)OCc3ccccc3)cc3ccccc23)c1OC.[Cl-]. The van der Waals surface area contributed by atoms with Gasteiger partial charge in [-0.25, -0.2) is 14.4 Å². The molecule has 25 heteroatoms. The van der Waals surface area contributed by atoms with Crippen LogP contribution in [0.15, 0.2) is 233 Å². The highest BCUT2D eigenvalue weighted by atomic mass is 35.5. The van der Waals surface area contributed by atoms with Crippen molar-refractivity contribution in [1.29, 1.82) is 0 Å². The summed E-state index contributed by atoms with van der Waals surface area (Å²) in [5, 5.41) is 27.1. The molecule has 6 atom stereocenters. The van der Waals surface area contributed by atoms with Crippen LogP contribution in [0, 0.1) is 0 Å². The number of amides is 7. The number of quaternary nitrogens is 1. The molecule has 24 nitrogen and oxygen atoms in total. The third-order valence-electron chi connectivity index (χ3n) is 20.9. The van der Waals surface area contributed by atoms with Gasteiger partial charge in [0.2, 0.25) is 35.4 Å². The molecule has 0 aliphatic heterocycles. The number of nitrogens with one attached hydrogen (secondary N) is 7. The lowest BCUT2D eigenvalue weighted by atomic mass is 9.87. The first-order valence-electron chi connectivity index (χ1n) is 42.0. The molecule has 0 saturated heterocycles. The predicted octanol–water partition coefficient (Wildman–Crippen LogP) is 11.6. The Kier molecular flexibility index (Phi) is 37.9. The number of carbonyl (C=O) groups excluding carboxylic acids is 9. The molecule has 10 aromatic carbocycles. The van der Waals surface area contributed by atoms with Gasteiger partial charge in [0.1, 0.15) is 78.1 Å². The van der Waals surface area contributed by atoms with E-state index >= 15 is 0 Å². The summed E-state index contributed by atoms with van der Waals surface area (Å²) in [7, 11) is 6.43. The Morgan fingerprint density at radius 1 is 0.389 bits per heavy atom. The highest BCUT2D eigenvalue weighted by Crippen LogP contribution is 2.51. The van der Waals surface area contributed by atoms with Crippen LogP contribution in [0.2, 0.25) is 0 Å². The largest absolute Gasteiger partial charge is 1.00 e. The van der Waals surface area contributed by atoms with E-state index in [1.54, 1.807) is 49.2 Å². The van der Waals surface area contributed by atoms with Gasteiger partial charge in [0.15, 0.2) is 0 Å². The van der Waals surface area contributed by atoms with Crippen LogP contribution in [-0.4, -0.2) is 137 Å². The smallest absolute Gasteiger partial charge is 0.407 e. The molecule has 0 spiro atoms. The van der Waals surface area contributed by atoms with Crippen molar-refractivity contribution in [3.63, 3.8) is 0 Å². The quantitative estimate of drug-likeness (QED) is 0.00762. The standard InChI is InChI=1S/C53H62N4O9.C48H54N4O7.ClH/c1-9-20-38-30-36-24-14-16-26-40(36)45(47(38)63-7)46-41-27-17-15-25-37(41)31-39(48(46)64-8)32-44(55-34(3)58)50(60)56-42(28-18-19-29-54-52(62)66-53(4,5)6)49(59)57-43(21-10-2)51(61)65-33-35-22-12-11-13-23-35;1-6-17-35-27-33-21-11-13-23-37(33)42(44(35)57-4)43-38-24-14-12-22-34(38)28-36(45(43)58-5)29-41(50-31(3)53)47(55)51-39(25-15-16-26-49)46(54)52-40(18-7-2)48(56)59-30-32-19-9-8-10-20-32;/h9-17,22-27,30-31,42-44H,1-2,18-21,28-29,32-33H2,3-8H3,(H,54,62)(H,55,58)(H,56,60)(H,57,59);6-14,19-24,27-28,39-41H,1-2,15-18,25-26,29-30,49H2,3-5H3,(H,50,53)(H,51,55)(H,52,54);1H/t42-,43-,44?;39-,40+,41?;/m11./s1. The average molecular weight is 1730 g/mol. The summed E-state index contributed by atoms with van der Waals surface area (Å²) in [4.78, 5) is 121. The molecular formula is C101H117ClN8O16. The number of carbonyl (C=O) groups is 9. The molecule has 126 heavy (non-hydrogen) atoms. The van der Waals surface area contributed by atoms with Gasteiger partial charge >= 0.3 is 18.0 Å². The molecule has 0 fully saturated rings. The molecule has 0 heterocycles. The zero-order valence-corrected chi connectivity index (χ0v) is 74.1. The number of allylic oxidation sites excluding steroid dienone is 2. The Balaban J connectivity index is 0.000000311. The number of benzene rings is 10. The van der Waals surface area contributed by atoms with Crippen LogP contribution in [-0.2, 0) is 91.5 Å². The summed E-state index contributed by atoms with van der Waals surface area (Å²) in [6.07, 6.45) is 9.91. The summed E-state index contributed by atoms with van der Waals surface area (Å²) in [5.41, 5.74) is 11.1. The van der Waals surface area contributed by atoms with Crippen LogP contribution in [0.1, 0.15) is 119 Å². The molecule has 0 saturated carbocycles. The van der Waals surface area contributed by atoms with Crippen LogP contribution >= 0.6 is 0 Å². The number of hydrogen-bond acceptors (Lipinski definition) is 16. The number of halogens is 1. The van der Waals surface area contributed by atoms with Crippen LogP contribution < -0.4 is 74.3 Å².